The number of carbonyl (C=O) groups excluding carboxylic acids is 1. The summed E-state index contributed by atoms with van der Waals surface area (Å²) < 4.78 is 1.87. The second-order valence-electron chi connectivity index (χ2n) is 4.87. The molecular formula is C12H18N2O. The molecule has 0 aromatic carbocycles. The summed E-state index contributed by atoms with van der Waals surface area (Å²) in [7, 11) is 1.93. The van der Waals surface area contributed by atoms with Crippen LogP contribution in [0.15, 0.2) is 0 Å². The summed E-state index contributed by atoms with van der Waals surface area (Å²) in [5.74, 6) is 1.33. The molecule has 0 saturated heterocycles. The Morgan fingerprint density at radius 3 is 2.67 bits per heavy atom. The van der Waals surface area contributed by atoms with Crippen molar-refractivity contribution in [1.82, 2.24) is 9.78 Å². The first-order chi connectivity index (χ1) is 7.00. The zero-order valence-electron chi connectivity index (χ0n) is 9.87. The van der Waals surface area contributed by atoms with Crippen molar-refractivity contribution in [3.8, 4) is 0 Å². The first-order valence-electron chi connectivity index (χ1n) is 5.56. The summed E-state index contributed by atoms with van der Waals surface area (Å²) in [5, 5.41) is 4.33. The van der Waals surface area contributed by atoms with Gasteiger partial charge in [-0.2, -0.15) is 5.10 Å². The summed E-state index contributed by atoms with van der Waals surface area (Å²) in [4.78, 5) is 12.0. The third kappa shape index (κ3) is 1.60. The molecule has 1 aromatic heterocycles. The van der Waals surface area contributed by atoms with Gasteiger partial charge in [-0.3, -0.25) is 9.48 Å². The van der Waals surface area contributed by atoms with E-state index in [0.29, 0.717) is 18.3 Å². The van der Waals surface area contributed by atoms with Crippen LogP contribution in [0.2, 0.25) is 0 Å². The van der Waals surface area contributed by atoms with Crippen LogP contribution in [0.4, 0.5) is 0 Å². The van der Waals surface area contributed by atoms with Crippen molar-refractivity contribution in [3.05, 3.63) is 17.0 Å². The minimum absolute atomic E-state index is 0.278. The molecule has 1 aliphatic carbocycles. The predicted molar refractivity (Wildman–Crippen MR) is 58.9 cm³/mol. The fourth-order valence-electron chi connectivity index (χ4n) is 2.43. The Morgan fingerprint density at radius 1 is 1.40 bits per heavy atom. The van der Waals surface area contributed by atoms with Crippen LogP contribution in [0.25, 0.3) is 0 Å². The molecule has 2 rings (SSSR count). The largest absolute Gasteiger partial charge is 0.294 e. The molecule has 15 heavy (non-hydrogen) atoms. The first-order valence-corrected chi connectivity index (χ1v) is 5.56. The molecule has 0 aliphatic heterocycles. The number of hydrogen-bond acceptors (Lipinski definition) is 2. The number of aryl methyl sites for hydroxylation is 2. The van der Waals surface area contributed by atoms with E-state index in [1.54, 1.807) is 0 Å². The smallest absolute Gasteiger partial charge is 0.166 e. The number of hydrogen-bond donors (Lipinski definition) is 0. The van der Waals surface area contributed by atoms with Crippen molar-refractivity contribution in [2.24, 2.45) is 18.9 Å². The number of ketones is 1. The number of Topliss-reactive ketones (excluding diaryl/α,β-unsaturated/α-hetero) is 1. The summed E-state index contributed by atoms with van der Waals surface area (Å²) in [6, 6.07) is 0. The highest BCUT2D eigenvalue weighted by atomic mass is 16.1. The molecule has 0 amide bonds. The Balaban J connectivity index is 2.43. The lowest BCUT2D eigenvalue weighted by Crippen LogP contribution is -2.24. The molecule has 3 heteroatoms. The molecule has 0 N–H and O–H groups in total. The maximum absolute atomic E-state index is 12.0. The molecule has 1 heterocycles. The topological polar surface area (TPSA) is 34.9 Å². The van der Waals surface area contributed by atoms with Crippen molar-refractivity contribution >= 4 is 5.78 Å². The number of nitrogens with zero attached hydrogens (tertiary/aromatic N) is 2. The van der Waals surface area contributed by atoms with Crippen LogP contribution in [0.1, 0.15) is 42.0 Å². The van der Waals surface area contributed by atoms with Gasteiger partial charge >= 0.3 is 0 Å². The molecular weight excluding hydrogens is 188 g/mol. The first kappa shape index (κ1) is 10.4. The van der Waals surface area contributed by atoms with Crippen LogP contribution >= 0.6 is 0 Å². The lowest BCUT2D eigenvalue weighted by atomic mass is 9.80. The minimum atomic E-state index is 0.278. The van der Waals surface area contributed by atoms with Crippen LogP contribution in [0, 0.1) is 18.8 Å². The van der Waals surface area contributed by atoms with Gasteiger partial charge in [0.25, 0.3) is 0 Å². The van der Waals surface area contributed by atoms with Crippen LogP contribution in [-0.2, 0) is 13.5 Å². The highest BCUT2D eigenvalue weighted by Gasteiger charge is 2.31. The zero-order valence-corrected chi connectivity index (χ0v) is 9.87. The average molecular weight is 206 g/mol. The summed E-state index contributed by atoms with van der Waals surface area (Å²) in [6.45, 7) is 6.30. The summed E-state index contributed by atoms with van der Waals surface area (Å²) in [5.41, 5.74) is 2.90. The predicted octanol–water partition coefficient (Wildman–Crippen LogP) is 2.13. The third-order valence-corrected chi connectivity index (χ3v) is 3.47. The highest BCUT2D eigenvalue weighted by Crippen LogP contribution is 2.31. The van der Waals surface area contributed by atoms with Gasteiger partial charge in [-0.15, -0.1) is 0 Å². The summed E-state index contributed by atoms with van der Waals surface area (Å²) in [6.07, 6.45) is 1.69. The van der Waals surface area contributed by atoms with Gasteiger partial charge in [0, 0.05) is 19.2 Å². The van der Waals surface area contributed by atoms with E-state index in [-0.39, 0.29) is 5.78 Å². The van der Waals surface area contributed by atoms with Gasteiger partial charge < -0.3 is 0 Å². The molecule has 0 bridgehead atoms. The van der Waals surface area contributed by atoms with E-state index in [1.165, 1.54) is 0 Å². The maximum atomic E-state index is 12.0. The molecule has 1 atom stereocenters. The molecule has 1 unspecified atom stereocenters. The van der Waals surface area contributed by atoms with Gasteiger partial charge in [-0.05, 0) is 25.2 Å². The van der Waals surface area contributed by atoms with Crippen molar-refractivity contribution in [2.75, 3.05) is 0 Å². The van der Waals surface area contributed by atoms with Gasteiger partial charge in [0.2, 0.25) is 0 Å². The third-order valence-electron chi connectivity index (χ3n) is 3.47. The molecule has 1 aliphatic rings. The van der Waals surface area contributed by atoms with Gasteiger partial charge in [0.1, 0.15) is 0 Å². The van der Waals surface area contributed by atoms with E-state index in [1.807, 2.05) is 18.7 Å². The SMILES string of the molecule is Cc1nn(C)c2c1C(=O)CC(C(C)C)C2. The number of rotatable bonds is 1. The van der Waals surface area contributed by atoms with Crippen molar-refractivity contribution in [3.63, 3.8) is 0 Å². The Bertz CT molecular complexity index is 404. The van der Waals surface area contributed by atoms with Crippen LogP contribution in [0.3, 0.4) is 0 Å². The van der Waals surface area contributed by atoms with Crippen LogP contribution in [0.5, 0.6) is 0 Å². The van der Waals surface area contributed by atoms with Crippen LogP contribution in [-0.4, -0.2) is 15.6 Å². The average Bonchev–Trinajstić information content (AvgIpc) is 2.42. The maximum Gasteiger partial charge on any atom is 0.166 e. The lowest BCUT2D eigenvalue weighted by molar-refractivity contribution is 0.0931. The van der Waals surface area contributed by atoms with Crippen molar-refractivity contribution in [1.29, 1.82) is 0 Å². The summed E-state index contributed by atoms with van der Waals surface area (Å²) >= 11 is 0. The fourth-order valence-corrected chi connectivity index (χ4v) is 2.43. The van der Waals surface area contributed by atoms with Gasteiger partial charge in [-0.25, -0.2) is 0 Å². The second kappa shape index (κ2) is 3.47. The molecule has 82 valence electrons. The number of carbonyl (C=O) groups is 1. The fraction of sp³-hybridized carbons (Fsp3) is 0.667. The molecule has 1 aromatic rings. The highest BCUT2D eigenvalue weighted by molar-refractivity contribution is 5.99. The monoisotopic (exact) mass is 206 g/mol. The van der Waals surface area contributed by atoms with Gasteiger partial charge in [0.05, 0.1) is 11.3 Å². The van der Waals surface area contributed by atoms with Gasteiger partial charge in [-0.1, -0.05) is 13.8 Å². The molecule has 3 nitrogen and oxygen atoms in total. The van der Waals surface area contributed by atoms with E-state index >= 15 is 0 Å². The minimum Gasteiger partial charge on any atom is -0.294 e. The van der Waals surface area contributed by atoms with E-state index < -0.39 is 0 Å². The Morgan fingerprint density at radius 2 is 2.07 bits per heavy atom. The lowest BCUT2D eigenvalue weighted by Gasteiger charge is -2.25. The van der Waals surface area contributed by atoms with E-state index in [4.69, 9.17) is 0 Å². The van der Waals surface area contributed by atoms with E-state index in [2.05, 4.69) is 18.9 Å². The zero-order chi connectivity index (χ0) is 11.2. The van der Waals surface area contributed by atoms with Crippen LogP contribution < -0.4 is 0 Å². The quantitative estimate of drug-likeness (QED) is 0.705. The molecule has 0 saturated carbocycles. The molecule has 0 spiro atoms. The molecule has 0 fully saturated rings. The molecule has 0 radical (unpaired) electrons. The second-order valence-corrected chi connectivity index (χ2v) is 4.87. The normalized spacial score (nSPS) is 20.9. The Hall–Kier alpha value is -1.12. The standard InChI is InChI=1S/C12H18N2O/c1-7(2)9-5-10-12(11(15)6-9)8(3)13-14(10)4/h7,9H,5-6H2,1-4H3. The van der Waals surface area contributed by atoms with E-state index in [0.717, 1.165) is 23.4 Å². The Kier molecular flexibility index (Phi) is 2.41. The number of aromatic nitrogens is 2. The van der Waals surface area contributed by atoms with Crippen molar-refractivity contribution in [2.45, 2.75) is 33.6 Å². The van der Waals surface area contributed by atoms with Crippen molar-refractivity contribution < 1.29 is 4.79 Å². The number of fused-ring (bicyclic) bond motifs is 1. The Labute approximate surface area is 90.5 Å². The van der Waals surface area contributed by atoms with Gasteiger partial charge in [0.15, 0.2) is 5.78 Å². The van der Waals surface area contributed by atoms with E-state index in [9.17, 15) is 4.79 Å².